The van der Waals surface area contributed by atoms with Crippen molar-refractivity contribution in [2.75, 3.05) is 25.5 Å². The van der Waals surface area contributed by atoms with E-state index < -0.39 is 0 Å². The molecule has 0 unspecified atom stereocenters. The van der Waals surface area contributed by atoms with Crippen LogP contribution in [0, 0.1) is 11.3 Å². The zero-order valence-electron chi connectivity index (χ0n) is 17.0. The first-order valence-electron chi connectivity index (χ1n) is 10.1. The number of ether oxygens (including phenoxy) is 1. The summed E-state index contributed by atoms with van der Waals surface area (Å²) in [7, 11) is 1.71. The van der Waals surface area contributed by atoms with E-state index in [1.165, 1.54) is 16.9 Å². The van der Waals surface area contributed by atoms with Crippen molar-refractivity contribution in [2.45, 2.75) is 24.9 Å². The van der Waals surface area contributed by atoms with Crippen molar-refractivity contribution in [3.8, 4) is 17.5 Å². The molecule has 5 rings (SSSR count). The van der Waals surface area contributed by atoms with Gasteiger partial charge in [-0.1, -0.05) is 12.1 Å². The maximum absolute atomic E-state index is 8.98. The number of nitriles is 1. The van der Waals surface area contributed by atoms with Gasteiger partial charge in [-0.2, -0.15) is 5.26 Å². The predicted molar refractivity (Wildman–Crippen MR) is 121 cm³/mol. The normalized spacial score (nSPS) is 16.5. The Labute approximate surface area is 183 Å². The third-order valence-electron chi connectivity index (χ3n) is 6.28. The molecule has 6 heteroatoms. The van der Waals surface area contributed by atoms with E-state index in [-0.39, 0.29) is 17.9 Å². The minimum atomic E-state index is -0.0516. The number of likely N-dealkylation sites (tertiary alicyclic amines) is 1. The molecule has 2 aliphatic heterocycles. The number of rotatable bonds is 3. The van der Waals surface area contributed by atoms with Gasteiger partial charge in [-0.15, -0.1) is 12.4 Å². The van der Waals surface area contributed by atoms with E-state index in [9.17, 15) is 0 Å². The van der Waals surface area contributed by atoms with E-state index >= 15 is 0 Å². The third kappa shape index (κ3) is 3.43. The Morgan fingerprint density at radius 1 is 1.10 bits per heavy atom. The van der Waals surface area contributed by atoms with Crippen LogP contribution >= 0.6 is 12.4 Å². The van der Waals surface area contributed by atoms with E-state index in [1.807, 2.05) is 18.2 Å². The van der Waals surface area contributed by atoms with Gasteiger partial charge in [0.25, 0.3) is 0 Å². The van der Waals surface area contributed by atoms with E-state index in [0.717, 1.165) is 43.9 Å². The van der Waals surface area contributed by atoms with Crippen LogP contribution in [0.3, 0.4) is 0 Å². The van der Waals surface area contributed by atoms with Crippen LogP contribution in [-0.2, 0) is 12.1 Å². The molecule has 2 aliphatic rings. The third-order valence-corrected chi connectivity index (χ3v) is 6.28. The van der Waals surface area contributed by atoms with Crippen molar-refractivity contribution in [3.63, 3.8) is 0 Å². The highest BCUT2D eigenvalue weighted by Gasteiger charge is 2.41. The lowest BCUT2D eigenvalue weighted by Crippen LogP contribution is -2.49. The molecule has 2 aromatic carbocycles. The number of aromatic nitrogens is 1. The lowest BCUT2D eigenvalue weighted by atomic mass is 9.82. The fourth-order valence-electron chi connectivity index (χ4n) is 4.67. The monoisotopic (exact) mass is 420 g/mol. The standard InChI is InChI=1S/C24H24N4O.ClH/c1-29-20-8-9-22-21(15-20)26-24(23-3-2-12-28(22)23)10-13-27(14-11-24)17-19-6-4-18(16-25)5-7-19;/h2-9,12,15,26H,10-11,13-14,17H2,1H3;1H. The molecule has 0 atom stereocenters. The molecule has 3 heterocycles. The molecule has 0 amide bonds. The summed E-state index contributed by atoms with van der Waals surface area (Å²) in [6, 6.07) is 20.7. The summed E-state index contributed by atoms with van der Waals surface area (Å²) < 4.78 is 7.77. The van der Waals surface area contributed by atoms with Crippen LogP contribution in [-0.4, -0.2) is 29.7 Å². The van der Waals surface area contributed by atoms with Crippen molar-refractivity contribution >= 4 is 18.1 Å². The molecular weight excluding hydrogens is 396 g/mol. The number of methoxy groups -OCH3 is 1. The first-order chi connectivity index (χ1) is 14.2. The summed E-state index contributed by atoms with van der Waals surface area (Å²) in [6.07, 6.45) is 4.25. The SMILES string of the molecule is COc1ccc2c(c1)NC1(CCN(Cc3ccc(C#N)cc3)CC1)c1cccn1-2.Cl. The van der Waals surface area contributed by atoms with Gasteiger partial charge in [-0.25, -0.2) is 0 Å². The number of halogens is 1. The largest absolute Gasteiger partial charge is 0.497 e. The van der Waals surface area contributed by atoms with Gasteiger partial charge in [0, 0.05) is 37.6 Å². The minimum absolute atomic E-state index is 0. The van der Waals surface area contributed by atoms with Gasteiger partial charge < -0.3 is 14.6 Å². The van der Waals surface area contributed by atoms with E-state index in [4.69, 9.17) is 10.00 Å². The quantitative estimate of drug-likeness (QED) is 0.667. The number of fused-ring (bicyclic) bond motifs is 4. The van der Waals surface area contributed by atoms with E-state index in [1.54, 1.807) is 7.11 Å². The van der Waals surface area contributed by atoms with Crippen LogP contribution in [0.2, 0.25) is 0 Å². The first kappa shape index (κ1) is 20.3. The average Bonchev–Trinajstić information content (AvgIpc) is 3.27. The molecule has 0 aliphatic carbocycles. The lowest BCUT2D eigenvalue weighted by molar-refractivity contribution is 0.162. The highest BCUT2D eigenvalue weighted by atomic mass is 35.5. The van der Waals surface area contributed by atoms with Gasteiger partial charge in [0.05, 0.1) is 35.7 Å². The number of hydrogen-bond donors (Lipinski definition) is 1. The van der Waals surface area contributed by atoms with Gasteiger partial charge in [0.1, 0.15) is 5.75 Å². The maximum atomic E-state index is 8.98. The predicted octanol–water partition coefficient (Wildman–Crippen LogP) is 4.70. The molecule has 0 radical (unpaired) electrons. The van der Waals surface area contributed by atoms with Crippen molar-refractivity contribution in [1.29, 1.82) is 5.26 Å². The fraction of sp³-hybridized carbons (Fsp3) is 0.292. The highest BCUT2D eigenvalue weighted by molar-refractivity contribution is 5.85. The average molecular weight is 421 g/mol. The molecule has 0 saturated carbocycles. The smallest absolute Gasteiger partial charge is 0.121 e. The molecule has 154 valence electrons. The number of nitrogens with zero attached hydrogens (tertiary/aromatic N) is 3. The van der Waals surface area contributed by atoms with Gasteiger partial charge in [0.2, 0.25) is 0 Å². The van der Waals surface area contributed by atoms with Gasteiger partial charge in [-0.3, -0.25) is 4.90 Å². The molecule has 0 bridgehead atoms. The molecule has 3 aromatic rings. The Bertz CT molecular complexity index is 1080. The molecule has 1 aromatic heterocycles. The number of benzene rings is 2. The number of hydrogen-bond acceptors (Lipinski definition) is 4. The molecule has 5 nitrogen and oxygen atoms in total. The summed E-state index contributed by atoms with van der Waals surface area (Å²) in [4.78, 5) is 2.50. The summed E-state index contributed by atoms with van der Waals surface area (Å²) in [5.41, 5.74) is 5.57. The van der Waals surface area contributed by atoms with Crippen molar-refractivity contribution in [2.24, 2.45) is 0 Å². The molecule has 1 N–H and O–H groups in total. The second-order valence-corrected chi connectivity index (χ2v) is 7.94. The van der Waals surface area contributed by atoms with Gasteiger partial charge in [0.15, 0.2) is 0 Å². The number of piperidine rings is 1. The van der Waals surface area contributed by atoms with Crippen LogP contribution in [0.25, 0.3) is 5.69 Å². The van der Waals surface area contributed by atoms with Crippen LogP contribution in [0.4, 0.5) is 5.69 Å². The summed E-state index contributed by atoms with van der Waals surface area (Å²) >= 11 is 0. The van der Waals surface area contributed by atoms with Gasteiger partial charge >= 0.3 is 0 Å². The van der Waals surface area contributed by atoms with Crippen molar-refractivity contribution < 1.29 is 4.74 Å². The van der Waals surface area contributed by atoms with Gasteiger partial charge in [-0.05, 0) is 54.8 Å². The Balaban J connectivity index is 0.00000218. The van der Waals surface area contributed by atoms with E-state index in [0.29, 0.717) is 5.56 Å². The fourth-order valence-corrected chi connectivity index (χ4v) is 4.67. The topological polar surface area (TPSA) is 53.2 Å². The zero-order chi connectivity index (χ0) is 19.8. The molecule has 1 saturated heterocycles. The molecule has 1 spiro atoms. The second-order valence-electron chi connectivity index (χ2n) is 7.94. The molecule has 1 fully saturated rings. The summed E-state index contributed by atoms with van der Waals surface area (Å²) in [5, 5.41) is 12.8. The lowest BCUT2D eigenvalue weighted by Gasteiger charge is -2.46. The van der Waals surface area contributed by atoms with E-state index in [2.05, 4.69) is 63.4 Å². The number of anilines is 1. The summed E-state index contributed by atoms with van der Waals surface area (Å²) in [5.74, 6) is 0.875. The Morgan fingerprint density at radius 2 is 1.87 bits per heavy atom. The van der Waals surface area contributed by atoms with Crippen molar-refractivity contribution in [1.82, 2.24) is 9.47 Å². The zero-order valence-corrected chi connectivity index (χ0v) is 17.8. The molecule has 30 heavy (non-hydrogen) atoms. The van der Waals surface area contributed by atoms with Crippen LogP contribution < -0.4 is 10.1 Å². The Morgan fingerprint density at radius 3 is 2.57 bits per heavy atom. The van der Waals surface area contributed by atoms with Crippen LogP contribution in [0.15, 0.2) is 60.8 Å². The summed E-state index contributed by atoms with van der Waals surface area (Å²) in [6.45, 7) is 2.97. The molecular formula is C24H25ClN4O. The first-order valence-corrected chi connectivity index (χ1v) is 10.1. The highest BCUT2D eigenvalue weighted by Crippen LogP contribution is 2.44. The Hall–Kier alpha value is -2.94. The van der Waals surface area contributed by atoms with Crippen LogP contribution in [0.5, 0.6) is 5.75 Å². The second kappa shape index (κ2) is 8.06. The van der Waals surface area contributed by atoms with Crippen LogP contribution in [0.1, 0.15) is 29.7 Å². The number of nitrogens with one attached hydrogen (secondary N) is 1. The Kier molecular flexibility index (Phi) is 5.46. The van der Waals surface area contributed by atoms with Crippen molar-refractivity contribution in [3.05, 3.63) is 77.6 Å². The minimum Gasteiger partial charge on any atom is -0.497 e. The maximum Gasteiger partial charge on any atom is 0.121 e.